The molecule has 4 rings (SSSR count). The van der Waals surface area contributed by atoms with Crippen LogP contribution < -0.4 is 10.4 Å². The lowest BCUT2D eigenvalue weighted by Crippen LogP contribution is -2.29. The average Bonchev–Trinajstić information content (AvgIpc) is 3.56. The Morgan fingerprint density at radius 2 is 1.82 bits per heavy atom. The van der Waals surface area contributed by atoms with Gasteiger partial charge in [0.2, 0.25) is 5.82 Å². The zero-order valence-electron chi connectivity index (χ0n) is 21.6. The van der Waals surface area contributed by atoms with Crippen LogP contribution in [0, 0.1) is 17.6 Å². The molecule has 8 nitrogen and oxygen atoms in total. The maximum Gasteiger partial charge on any atom is 0.392 e. The number of imidazole rings is 2. The predicted molar refractivity (Wildman–Crippen MR) is 133 cm³/mol. The highest BCUT2D eigenvalue weighted by molar-refractivity contribution is 5.81. The van der Waals surface area contributed by atoms with E-state index in [0.29, 0.717) is 11.3 Å². The first-order chi connectivity index (χ1) is 18.1. The van der Waals surface area contributed by atoms with Crippen LogP contribution in [-0.4, -0.2) is 51.0 Å². The fourth-order valence-electron chi connectivity index (χ4n) is 3.54. The van der Waals surface area contributed by atoms with Crippen LogP contribution in [0.4, 0.5) is 22.0 Å². The van der Waals surface area contributed by atoms with E-state index in [0.717, 1.165) is 31.7 Å². The number of rotatable bonds is 7. The van der Waals surface area contributed by atoms with Gasteiger partial charge in [-0.1, -0.05) is 26.8 Å². The molecular weight excluding hydrogens is 513 g/mol. The molecule has 2 N–H and O–H groups in total. The lowest BCUT2D eigenvalue weighted by atomic mass is 9.86. The first kappa shape index (κ1) is 30.5. The van der Waals surface area contributed by atoms with Gasteiger partial charge in [0.05, 0.1) is 31.5 Å². The molecule has 0 amide bonds. The number of ether oxygens (including phenoxy) is 2. The number of H-pyrrole nitrogens is 2. The van der Waals surface area contributed by atoms with Gasteiger partial charge >= 0.3 is 11.9 Å². The smallest absolute Gasteiger partial charge is 0.392 e. The molecule has 13 heteroatoms. The summed E-state index contributed by atoms with van der Waals surface area (Å²) < 4.78 is 77.0. The van der Waals surface area contributed by atoms with Crippen LogP contribution >= 0.6 is 0 Å². The van der Waals surface area contributed by atoms with Crippen molar-refractivity contribution in [3.05, 3.63) is 70.8 Å². The number of fused-ring (bicyclic) bond motifs is 1. The van der Waals surface area contributed by atoms with Crippen molar-refractivity contribution in [2.75, 3.05) is 20.3 Å². The van der Waals surface area contributed by atoms with E-state index in [-0.39, 0.29) is 24.5 Å². The van der Waals surface area contributed by atoms with Crippen molar-refractivity contribution in [1.29, 1.82) is 0 Å². The summed E-state index contributed by atoms with van der Waals surface area (Å²) in [5.74, 6) is -5.44. The van der Waals surface area contributed by atoms with Crippen molar-refractivity contribution in [3.8, 4) is 11.6 Å². The van der Waals surface area contributed by atoms with E-state index >= 15 is 0 Å². The van der Waals surface area contributed by atoms with Crippen LogP contribution in [0.15, 0.2) is 47.9 Å². The molecule has 3 heterocycles. The number of alkyl halides is 3. The Kier molecular flexibility index (Phi) is 11.0. The summed E-state index contributed by atoms with van der Waals surface area (Å²) in [5, 5.41) is 0. The van der Waals surface area contributed by atoms with Crippen LogP contribution in [0.1, 0.15) is 39.2 Å². The van der Waals surface area contributed by atoms with E-state index in [1.807, 2.05) is 19.9 Å². The summed E-state index contributed by atoms with van der Waals surface area (Å²) in [6.07, 6.45) is 1.91. The third kappa shape index (κ3) is 6.97. The maximum atomic E-state index is 13.7. The molecule has 0 aliphatic rings. The molecule has 0 spiro atoms. The number of benzene rings is 1. The molecule has 208 valence electrons. The normalized spacial score (nSPS) is 12.7. The fraction of sp³-hybridized carbons (Fsp3) is 0.400. The number of halogens is 5. The largest absolute Gasteiger partial charge is 0.493 e. The number of hydrogen-bond acceptors (Lipinski definition) is 5. The number of aromatic amines is 2. The van der Waals surface area contributed by atoms with Crippen molar-refractivity contribution in [1.82, 2.24) is 24.5 Å². The molecule has 0 aliphatic heterocycles. The van der Waals surface area contributed by atoms with E-state index in [2.05, 4.69) is 19.9 Å². The Bertz CT molecular complexity index is 1350. The number of nitrogens with one attached hydrogen (secondary N) is 2. The average molecular weight is 544 g/mol. The van der Waals surface area contributed by atoms with E-state index < -0.39 is 35.4 Å². The van der Waals surface area contributed by atoms with E-state index in [1.54, 1.807) is 31.8 Å². The molecule has 0 radical (unpaired) electrons. The first-order valence-electron chi connectivity index (χ1n) is 11.8. The molecular formula is C25H30F5N5O3. The molecule has 4 aromatic rings. The lowest BCUT2D eigenvalue weighted by molar-refractivity contribution is -0.179. The molecule has 0 saturated carbocycles. The van der Waals surface area contributed by atoms with Crippen molar-refractivity contribution in [2.45, 2.75) is 39.8 Å². The zero-order valence-corrected chi connectivity index (χ0v) is 21.6. The molecule has 1 aromatic carbocycles. The zero-order chi connectivity index (χ0) is 28.5. The van der Waals surface area contributed by atoms with Gasteiger partial charge in [0.25, 0.3) is 0 Å². The molecule has 0 bridgehead atoms. The second kappa shape index (κ2) is 13.7. The van der Waals surface area contributed by atoms with Crippen LogP contribution in [0.2, 0.25) is 0 Å². The van der Waals surface area contributed by atoms with Crippen molar-refractivity contribution >= 4 is 11.0 Å². The van der Waals surface area contributed by atoms with Gasteiger partial charge in [0, 0.05) is 36.7 Å². The van der Waals surface area contributed by atoms with Gasteiger partial charge in [-0.25, -0.2) is 23.7 Å². The second-order valence-corrected chi connectivity index (χ2v) is 7.65. The van der Waals surface area contributed by atoms with Gasteiger partial charge in [-0.2, -0.15) is 17.6 Å². The van der Waals surface area contributed by atoms with Gasteiger partial charge in [-0.15, -0.1) is 0 Å². The summed E-state index contributed by atoms with van der Waals surface area (Å²) >= 11 is 0. The van der Waals surface area contributed by atoms with Crippen LogP contribution in [0.5, 0.6) is 5.75 Å². The van der Waals surface area contributed by atoms with Gasteiger partial charge in [0.1, 0.15) is 5.52 Å². The summed E-state index contributed by atoms with van der Waals surface area (Å²) in [6, 6.07) is 3.70. The number of nitrogens with zero attached hydrogens (tertiary/aromatic N) is 3. The van der Waals surface area contributed by atoms with Crippen molar-refractivity contribution in [3.63, 3.8) is 0 Å². The molecule has 3 aromatic heterocycles. The topological polar surface area (TPSA) is 97.8 Å². The first-order valence-corrected chi connectivity index (χ1v) is 11.8. The van der Waals surface area contributed by atoms with Gasteiger partial charge in [-0.3, -0.25) is 0 Å². The van der Waals surface area contributed by atoms with Crippen LogP contribution in [0.3, 0.4) is 0 Å². The summed E-state index contributed by atoms with van der Waals surface area (Å²) in [5.41, 5.74) is 1.25. The minimum Gasteiger partial charge on any atom is -0.493 e. The summed E-state index contributed by atoms with van der Waals surface area (Å²) in [6.45, 7) is 6.56. The Labute approximate surface area is 215 Å². The second-order valence-electron chi connectivity index (χ2n) is 7.65. The molecule has 38 heavy (non-hydrogen) atoms. The predicted octanol–water partition coefficient (Wildman–Crippen LogP) is 5.76. The standard InChI is InChI=1S/C14H17F5O2.C9H7N5O.C2H6/c1-4-21-7-10(8(2)14(17,18)19)9-5-6-11(15)12(16)13(9)20-3;15-9-11-3-4-14(9)8-7-6(1-2-10-8)12-5-13-7;1-2/h5-6,8,10H,4,7H2,1-3H3;1-5H,(H,11,15)(H,12,13);1-2H3. The minimum absolute atomic E-state index is 0.0605. The Hall–Kier alpha value is -3.74. The number of methoxy groups -OCH3 is 1. The maximum absolute atomic E-state index is 13.7. The van der Waals surface area contributed by atoms with Crippen LogP contribution in [-0.2, 0) is 4.74 Å². The Morgan fingerprint density at radius 1 is 1.11 bits per heavy atom. The SMILES string of the molecule is CC.CCOCC(c1ccc(F)c(F)c1OC)C(C)C(F)(F)F.O=c1[nH]ccn1-c1nccc2[nH]cnc12. The van der Waals surface area contributed by atoms with Gasteiger partial charge < -0.3 is 19.4 Å². The molecule has 2 atom stereocenters. The molecule has 2 unspecified atom stereocenters. The molecule has 0 aliphatic carbocycles. The monoisotopic (exact) mass is 543 g/mol. The third-order valence-corrected chi connectivity index (χ3v) is 5.50. The van der Waals surface area contributed by atoms with Crippen molar-refractivity contribution < 1.29 is 31.4 Å². The number of pyridine rings is 1. The summed E-state index contributed by atoms with van der Waals surface area (Å²) in [4.78, 5) is 25.2. The lowest BCUT2D eigenvalue weighted by Gasteiger charge is -2.27. The fourth-order valence-corrected chi connectivity index (χ4v) is 3.54. The Morgan fingerprint density at radius 3 is 2.39 bits per heavy atom. The highest BCUT2D eigenvalue weighted by Gasteiger charge is 2.43. The van der Waals surface area contributed by atoms with E-state index in [1.165, 1.54) is 4.57 Å². The number of hydrogen-bond donors (Lipinski definition) is 2. The van der Waals surface area contributed by atoms with E-state index in [4.69, 9.17) is 9.47 Å². The van der Waals surface area contributed by atoms with Gasteiger partial charge in [-0.05, 0) is 19.1 Å². The van der Waals surface area contributed by atoms with Crippen LogP contribution in [0.25, 0.3) is 16.9 Å². The highest BCUT2D eigenvalue weighted by Crippen LogP contribution is 2.41. The highest BCUT2D eigenvalue weighted by atomic mass is 19.4. The van der Waals surface area contributed by atoms with Gasteiger partial charge in [0.15, 0.2) is 17.4 Å². The quantitative estimate of drug-likeness (QED) is 0.289. The number of aromatic nitrogens is 5. The molecule has 0 saturated heterocycles. The summed E-state index contributed by atoms with van der Waals surface area (Å²) in [7, 11) is 1.08. The minimum atomic E-state index is -4.49. The van der Waals surface area contributed by atoms with Crippen molar-refractivity contribution in [2.24, 2.45) is 5.92 Å². The van der Waals surface area contributed by atoms with E-state index in [9.17, 15) is 26.7 Å². The molecule has 0 fully saturated rings. The third-order valence-electron chi connectivity index (χ3n) is 5.50. The Balaban J connectivity index is 0.000000260.